The van der Waals surface area contributed by atoms with Crippen molar-refractivity contribution in [1.82, 2.24) is 4.90 Å². The molecule has 0 radical (unpaired) electrons. The third-order valence-corrected chi connectivity index (χ3v) is 3.37. The molecular formula is C15H27NO4. The van der Waals surface area contributed by atoms with Crippen LogP contribution in [0.2, 0.25) is 0 Å². The van der Waals surface area contributed by atoms with Gasteiger partial charge < -0.3 is 14.7 Å². The van der Waals surface area contributed by atoms with Crippen molar-refractivity contribution in [2.75, 3.05) is 13.2 Å². The number of carbonyl (C=O) groups is 2. The van der Waals surface area contributed by atoms with Crippen LogP contribution in [0.15, 0.2) is 0 Å². The minimum atomic E-state index is -0.509. The van der Waals surface area contributed by atoms with Crippen LogP contribution in [-0.4, -0.2) is 46.7 Å². The Morgan fingerprint density at radius 2 is 1.95 bits per heavy atom. The monoisotopic (exact) mass is 285 g/mol. The molecule has 20 heavy (non-hydrogen) atoms. The summed E-state index contributed by atoms with van der Waals surface area (Å²) in [5.41, 5.74) is -0.509. The molecule has 1 rings (SSSR count). The summed E-state index contributed by atoms with van der Waals surface area (Å²) < 4.78 is 5.20. The van der Waals surface area contributed by atoms with E-state index in [1.807, 2.05) is 25.7 Å². The highest BCUT2D eigenvalue weighted by atomic mass is 16.6. The molecule has 0 bridgehead atoms. The zero-order valence-electron chi connectivity index (χ0n) is 12.9. The van der Waals surface area contributed by atoms with E-state index in [2.05, 4.69) is 0 Å². The first-order valence-electron chi connectivity index (χ1n) is 7.45. The number of aliphatic hydroxyl groups is 1. The summed E-state index contributed by atoms with van der Waals surface area (Å²) in [6.07, 6.45) is 3.98. The fraction of sp³-hybridized carbons (Fsp3) is 0.867. The second-order valence-corrected chi connectivity index (χ2v) is 6.34. The number of nitrogens with zero attached hydrogens (tertiary/aromatic N) is 1. The Morgan fingerprint density at radius 1 is 1.25 bits per heavy atom. The zero-order chi connectivity index (χ0) is 15.2. The van der Waals surface area contributed by atoms with Gasteiger partial charge in [0.2, 0.25) is 5.91 Å². The first kappa shape index (κ1) is 17.0. The Hall–Kier alpha value is -1.10. The number of aliphatic hydroxyl groups excluding tert-OH is 1. The predicted octanol–water partition coefficient (Wildman–Crippen LogP) is 1.87. The molecule has 1 saturated heterocycles. The largest absolute Gasteiger partial charge is 0.460 e. The van der Waals surface area contributed by atoms with Crippen LogP contribution in [-0.2, 0) is 14.3 Å². The number of likely N-dealkylation sites (tertiary alicyclic amines) is 1. The Bertz CT molecular complexity index is 333. The van der Waals surface area contributed by atoms with Crippen molar-refractivity contribution in [1.29, 1.82) is 0 Å². The van der Waals surface area contributed by atoms with E-state index in [1.54, 1.807) is 0 Å². The van der Waals surface area contributed by atoms with Crippen molar-refractivity contribution in [2.24, 2.45) is 0 Å². The Labute approximate surface area is 121 Å². The van der Waals surface area contributed by atoms with Crippen LogP contribution in [0.5, 0.6) is 0 Å². The van der Waals surface area contributed by atoms with Crippen molar-refractivity contribution in [3.05, 3.63) is 0 Å². The van der Waals surface area contributed by atoms with Gasteiger partial charge in [-0.25, -0.2) is 0 Å². The summed E-state index contributed by atoms with van der Waals surface area (Å²) in [5, 5.41) is 9.05. The maximum atomic E-state index is 12.2. The van der Waals surface area contributed by atoms with Gasteiger partial charge in [-0.1, -0.05) is 0 Å². The van der Waals surface area contributed by atoms with Gasteiger partial charge >= 0.3 is 5.97 Å². The van der Waals surface area contributed by atoms with E-state index in [1.165, 1.54) is 0 Å². The Kier molecular flexibility index (Phi) is 6.46. The highest BCUT2D eigenvalue weighted by Gasteiger charge is 2.26. The van der Waals surface area contributed by atoms with E-state index in [4.69, 9.17) is 9.84 Å². The molecule has 0 aromatic heterocycles. The maximum Gasteiger partial charge on any atom is 0.306 e. The molecule has 1 heterocycles. The number of rotatable bonds is 5. The summed E-state index contributed by atoms with van der Waals surface area (Å²) in [7, 11) is 0. The molecule has 1 unspecified atom stereocenters. The standard InChI is InChI=1S/C15H27NO4/c1-15(2,3)20-14(19)8-7-13(18)16-10-5-4-6-12(16)9-11-17/h12,17H,4-11H2,1-3H3. The van der Waals surface area contributed by atoms with E-state index < -0.39 is 5.60 Å². The summed E-state index contributed by atoms with van der Waals surface area (Å²) in [6.45, 7) is 6.27. The molecule has 1 amide bonds. The van der Waals surface area contributed by atoms with Crippen LogP contribution in [0.4, 0.5) is 0 Å². The van der Waals surface area contributed by atoms with Crippen molar-refractivity contribution in [2.45, 2.75) is 70.9 Å². The number of hydrogen-bond donors (Lipinski definition) is 1. The van der Waals surface area contributed by atoms with E-state index in [9.17, 15) is 9.59 Å². The lowest BCUT2D eigenvalue weighted by Crippen LogP contribution is -2.44. The smallest absolute Gasteiger partial charge is 0.306 e. The van der Waals surface area contributed by atoms with Gasteiger partial charge in [0.05, 0.1) is 6.42 Å². The van der Waals surface area contributed by atoms with Gasteiger partial charge in [-0.15, -0.1) is 0 Å². The topological polar surface area (TPSA) is 66.8 Å². The van der Waals surface area contributed by atoms with E-state index in [0.29, 0.717) is 6.42 Å². The first-order valence-corrected chi connectivity index (χ1v) is 7.45. The molecule has 1 aliphatic heterocycles. The van der Waals surface area contributed by atoms with Gasteiger partial charge in [-0.3, -0.25) is 9.59 Å². The molecular weight excluding hydrogens is 258 g/mol. The maximum absolute atomic E-state index is 12.2. The minimum absolute atomic E-state index is 0.00555. The number of amides is 1. The minimum Gasteiger partial charge on any atom is -0.460 e. The summed E-state index contributed by atoms with van der Waals surface area (Å²) in [4.78, 5) is 25.6. The van der Waals surface area contributed by atoms with E-state index in [0.717, 1.165) is 25.8 Å². The van der Waals surface area contributed by atoms with Gasteiger partial charge in [0.25, 0.3) is 0 Å². The van der Waals surface area contributed by atoms with Gasteiger partial charge in [-0.05, 0) is 46.5 Å². The summed E-state index contributed by atoms with van der Waals surface area (Å²) in [5.74, 6) is -0.337. The Morgan fingerprint density at radius 3 is 2.55 bits per heavy atom. The van der Waals surface area contributed by atoms with Crippen LogP contribution in [0.25, 0.3) is 0 Å². The quantitative estimate of drug-likeness (QED) is 0.783. The fourth-order valence-electron chi connectivity index (χ4n) is 2.52. The SMILES string of the molecule is CC(C)(C)OC(=O)CCC(=O)N1CCCCC1CCO. The summed E-state index contributed by atoms with van der Waals surface area (Å²) in [6, 6.07) is 0.125. The molecule has 1 fully saturated rings. The van der Waals surface area contributed by atoms with E-state index >= 15 is 0 Å². The highest BCUT2D eigenvalue weighted by Crippen LogP contribution is 2.21. The van der Waals surface area contributed by atoms with Gasteiger partial charge in [0.15, 0.2) is 0 Å². The molecule has 1 N–H and O–H groups in total. The molecule has 0 saturated carbocycles. The van der Waals surface area contributed by atoms with Crippen LogP contribution in [0, 0.1) is 0 Å². The number of hydrogen-bond acceptors (Lipinski definition) is 4. The second kappa shape index (κ2) is 7.62. The van der Waals surface area contributed by atoms with Gasteiger partial charge in [0.1, 0.15) is 5.60 Å². The number of esters is 1. The molecule has 0 aliphatic carbocycles. The van der Waals surface area contributed by atoms with Gasteiger partial charge in [-0.2, -0.15) is 0 Å². The average Bonchev–Trinajstić information content (AvgIpc) is 2.35. The van der Waals surface area contributed by atoms with E-state index in [-0.39, 0.29) is 37.4 Å². The van der Waals surface area contributed by atoms with Gasteiger partial charge in [0, 0.05) is 25.6 Å². The van der Waals surface area contributed by atoms with Crippen molar-refractivity contribution in [3.8, 4) is 0 Å². The molecule has 0 aromatic rings. The molecule has 0 spiro atoms. The van der Waals surface area contributed by atoms with Crippen LogP contribution >= 0.6 is 0 Å². The second-order valence-electron chi connectivity index (χ2n) is 6.34. The average molecular weight is 285 g/mol. The van der Waals surface area contributed by atoms with Crippen molar-refractivity contribution < 1.29 is 19.4 Å². The zero-order valence-corrected chi connectivity index (χ0v) is 12.9. The first-order chi connectivity index (χ1) is 9.33. The van der Waals surface area contributed by atoms with Crippen LogP contribution in [0.3, 0.4) is 0 Å². The Balaban J connectivity index is 2.42. The van der Waals surface area contributed by atoms with Crippen molar-refractivity contribution in [3.63, 3.8) is 0 Å². The lowest BCUT2D eigenvalue weighted by atomic mass is 9.99. The number of carbonyl (C=O) groups excluding carboxylic acids is 2. The molecule has 5 nitrogen and oxygen atoms in total. The van der Waals surface area contributed by atoms with Crippen molar-refractivity contribution >= 4 is 11.9 Å². The highest BCUT2D eigenvalue weighted by molar-refractivity contribution is 5.81. The lowest BCUT2D eigenvalue weighted by molar-refractivity contribution is -0.156. The lowest BCUT2D eigenvalue weighted by Gasteiger charge is -2.35. The predicted molar refractivity (Wildman–Crippen MR) is 76.1 cm³/mol. The third-order valence-electron chi connectivity index (χ3n) is 3.37. The van der Waals surface area contributed by atoms with Crippen LogP contribution < -0.4 is 0 Å². The fourth-order valence-corrected chi connectivity index (χ4v) is 2.52. The molecule has 1 aliphatic rings. The molecule has 1 atom stereocenters. The summed E-state index contributed by atoms with van der Waals surface area (Å²) >= 11 is 0. The number of ether oxygens (including phenoxy) is 1. The third kappa shape index (κ3) is 5.90. The molecule has 5 heteroatoms. The van der Waals surface area contributed by atoms with Crippen LogP contribution in [0.1, 0.15) is 59.3 Å². The molecule has 116 valence electrons. The normalized spacial score (nSPS) is 19.8. The molecule has 0 aromatic carbocycles. The number of piperidine rings is 1.